The van der Waals surface area contributed by atoms with Gasteiger partial charge < -0.3 is 14.6 Å². The molecule has 106 valence electrons. The number of imidazole rings is 1. The molecule has 1 heterocycles. The average Bonchev–Trinajstić information content (AvgIpc) is 2.96. The molecule has 2 rings (SSSR count). The molecule has 1 fully saturated rings. The molecule has 1 saturated carbocycles. The van der Waals surface area contributed by atoms with Gasteiger partial charge in [0.1, 0.15) is 17.7 Å². The molecular formula is C14H23N3O2. The molecule has 19 heavy (non-hydrogen) atoms. The zero-order valence-corrected chi connectivity index (χ0v) is 11.9. The van der Waals surface area contributed by atoms with Crippen molar-refractivity contribution in [1.82, 2.24) is 14.5 Å². The second-order valence-corrected chi connectivity index (χ2v) is 5.71. The lowest BCUT2D eigenvalue weighted by Gasteiger charge is -2.19. The van der Waals surface area contributed by atoms with Crippen LogP contribution in [0.5, 0.6) is 0 Å². The molecule has 1 aliphatic rings. The third-order valence-corrected chi connectivity index (χ3v) is 4.14. The van der Waals surface area contributed by atoms with Gasteiger partial charge in [-0.1, -0.05) is 0 Å². The molecule has 0 spiro atoms. The van der Waals surface area contributed by atoms with Crippen molar-refractivity contribution in [2.24, 2.45) is 13.0 Å². The maximum absolute atomic E-state index is 12.2. The summed E-state index contributed by atoms with van der Waals surface area (Å²) in [4.78, 5) is 18.5. The first-order chi connectivity index (χ1) is 8.99. The van der Waals surface area contributed by atoms with Gasteiger partial charge in [0.05, 0.1) is 0 Å². The largest absolute Gasteiger partial charge is 0.385 e. The van der Waals surface area contributed by atoms with Crippen LogP contribution >= 0.6 is 0 Å². The molecule has 3 atom stereocenters. The number of aliphatic hydroxyl groups excluding tert-OH is 1. The Morgan fingerprint density at radius 1 is 1.58 bits per heavy atom. The van der Waals surface area contributed by atoms with Gasteiger partial charge in [-0.25, -0.2) is 4.98 Å². The van der Waals surface area contributed by atoms with Gasteiger partial charge in [0, 0.05) is 37.8 Å². The molecule has 2 unspecified atom stereocenters. The van der Waals surface area contributed by atoms with Crippen molar-refractivity contribution in [1.29, 1.82) is 0 Å². The molecule has 1 N–H and O–H groups in total. The van der Waals surface area contributed by atoms with Crippen LogP contribution in [0.25, 0.3) is 0 Å². The molecule has 0 bridgehead atoms. The van der Waals surface area contributed by atoms with Crippen LogP contribution in [0.4, 0.5) is 0 Å². The third kappa shape index (κ3) is 3.22. The van der Waals surface area contributed by atoms with Crippen molar-refractivity contribution in [2.75, 3.05) is 14.1 Å². The fraction of sp³-hybridized carbons (Fsp3) is 0.714. The number of Topliss-reactive ketones (excluding diaryl/α,β-unsaturated/α-hetero) is 1. The van der Waals surface area contributed by atoms with Crippen molar-refractivity contribution >= 4 is 5.78 Å². The van der Waals surface area contributed by atoms with E-state index in [0.717, 1.165) is 19.3 Å². The van der Waals surface area contributed by atoms with Gasteiger partial charge in [-0.05, 0) is 33.4 Å². The maximum Gasteiger partial charge on any atom is 0.139 e. The summed E-state index contributed by atoms with van der Waals surface area (Å²) in [6.45, 7) is 0. The number of aryl methyl sites for hydroxylation is 1. The standard InChI is InChI=1S/C14H23N3O2/c1-16(2)11-5-4-10(8-11)12(18)9-13(19)14-15-6-7-17(14)3/h6-7,10-11,13,19H,4-5,8-9H2,1-3H3/t10?,11-,13?/m1/s1. The van der Waals surface area contributed by atoms with Crippen molar-refractivity contribution in [3.63, 3.8) is 0 Å². The van der Waals surface area contributed by atoms with Gasteiger partial charge >= 0.3 is 0 Å². The van der Waals surface area contributed by atoms with Crippen molar-refractivity contribution < 1.29 is 9.90 Å². The van der Waals surface area contributed by atoms with Crippen LogP contribution in [0.3, 0.4) is 0 Å². The molecule has 1 aliphatic carbocycles. The lowest BCUT2D eigenvalue weighted by molar-refractivity contribution is -0.124. The Morgan fingerprint density at radius 3 is 2.84 bits per heavy atom. The lowest BCUT2D eigenvalue weighted by Crippen LogP contribution is -2.26. The smallest absolute Gasteiger partial charge is 0.139 e. The molecule has 5 heteroatoms. The molecule has 0 saturated heterocycles. The molecule has 5 nitrogen and oxygen atoms in total. The van der Waals surface area contributed by atoms with Crippen LogP contribution in [0.1, 0.15) is 37.6 Å². The summed E-state index contributed by atoms with van der Waals surface area (Å²) in [6.07, 6.45) is 5.73. The summed E-state index contributed by atoms with van der Waals surface area (Å²) in [5, 5.41) is 10.1. The highest BCUT2D eigenvalue weighted by molar-refractivity contribution is 5.81. The second-order valence-electron chi connectivity index (χ2n) is 5.71. The maximum atomic E-state index is 12.2. The molecule has 0 radical (unpaired) electrons. The SMILES string of the molecule is CN(C)[C@@H]1CCC(C(=O)CC(O)c2nccn2C)C1. The normalized spacial score (nSPS) is 24.9. The molecular weight excluding hydrogens is 242 g/mol. The van der Waals surface area contributed by atoms with Crippen molar-refractivity contribution in [3.05, 3.63) is 18.2 Å². The summed E-state index contributed by atoms with van der Waals surface area (Å²) >= 11 is 0. The van der Waals surface area contributed by atoms with E-state index >= 15 is 0 Å². The van der Waals surface area contributed by atoms with E-state index in [0.29, 0.717) is 11.9 Å². The van der Waals surface area contributed by atoms with Crippen LogP contribution in [-0.2, 0) is 11.8 Å². The highest BCUT2D eigenvalue weighted by Gasteiger charge is 2.32. The number of aromatic nitrogens is 2. The minimum atomic E-state index is -0.786. The number of ketones is 1. The van der Waals surface area contributed by atoms with Crippen LogP contribution < -0.4 is 0 Å². The van der Waals surface area contributed by atoms with Crippen molar-refractivity contribution in [3.8, 4) is 0 Å². The fourth-order valence-corrected chi connectivity index (χ4v) is 2.87. The molecule has 0 amide bonds. The van der Waals surface area contributed by atoms with E-state index in [2.05, 4.69) is 24.0 Å². The fourth-order valence-electron chi connectivity index (χ4n) is 2.87. The summed E-state index contributed by atoms with van der Waals surface area (Å²) in [5.41, 5.74) is 0. The summed E-state index contributed by atoms with van der Waals surface area (Å²) in [5.74, 6) is 0.831. The monoisotopic (exact) mass is 265 g/mol. The lowest BCUT2D eigenvalue weighted by atomic mass is 9.97. The van der Waals surface area contributed by atoms with Gasteiger partial charge in [-0.2, -0.15) is 0 Å². The number of nitrogens with zero attached hydrogens (tertiary/aromatic N) is 3. The Bertz CT molecular complexity index is 442. The van der Waals surface area contributed by atoms with Gasteiger partial charge in [0.2, 0.25) is 0 Å². The van der Waals surface area contributed by atoms with Crippen LogP contribution in [0.2, 0.25) is 0 Å². The summed E-state index contributed by atoms with van der Waals surface area (Å²) in [7, 11) is 5.94. The average molecular weight is 265 g/mol. The van der Waals surface area contributed by atoms with E-state index in [1.807, 2.05) is 7.05 Å². The van der Waals surface area contributed by atoms with E-state index in [1.54, 1.807) is 17.0 Å². The van der Waals surface area contributed by atoms with Gasteiger partial charge in [-0.3, -0.25) is 4.79 Å². The molecule has 0 aromatic carbocycles. The van der Waals surface area contributed by atoms with Gasteiger partial charge in [0.15, 0.2) is 0 Å². The minimum absolute atomic E-state index is 0.0994. The van der Waals surface area contributed by atoms with Crippen LogP contribution in [0, 0.1) is 5.92 Å². The topological polar surface area (TPSA) is 58.4 Å². The summed E-state index contributed by atoms with van der Waals surface area (Å²) < 4.78 is 1.76. The van der Waals surface area contributed by atoms with E-state index < -0.39 is 6.10 Å². The Hall–Kier alpha value is -1.20. The zero-order chi connectivity index (χ0) is 14.0. The van der Waals surface area contributed by atoms with E-state index in [4.69, 9.17) is 0 Å². The number of hydrogen-bond acceptors (Lipinski definition) is 4. The Labute approximate surface area is 114 Å². The van der Waals surface area contributed by atoms with Gasteiger partial charge in [-0.15, -0.1) is 0 Å². The Balaban J connectivity index is 1.90. The minimum Gasteiger partial charge on any atom is -0.385 e. The number of aliphatic hydroxyl groups is 1. The first-order valence-corrected chi connectivity index (χ1v) is 6.83. The van der Waals surface area contributed by atoms with E-state index in [9.17, 15) is 9.90 Å². The first kappa shape index (κ1) is 14.2. The Kier molecular flexibility index (Phi) is 4.37. The number of carbonyl (C=O) groups is 1. The third-order valence-electron chi connectivity index (χ3n) is 4.14. The molecule has 1 aromatic rings. The number of rotatable bonds is 5. The van der Waals surface area contributed by atoms with Gasteiger partial charge in [0.25, 0.3) is 0 Å². The van der Waals surface area contributed by atoms with E-state index in [1.165, 1.54) is 0 Å². The quantitative estimate of drug-likeness (QED) is 0.867. The van der Waals surface area contributed by atoms with Crippen molar-refractivity contribution in [2.45, 2.75) is 37.8 Å². The number of hydrogen-bond donors (Lipinski definition) is 1. The molecule has 1 aromatic heterocycles. The Morgan fingerprint density at radius 2 is 2.32 bits per heavy atom. The predicted octanol–water partition coefficient (Wildman–Crippen LogP) is 1.14. The highest BCUT2D eigenvalue weighted by Crippen LogP contribution is 2.31. The van der Waals surface area contributed by atoms with E-state index in [-0.39, 0.29) is 18.1 Å². The first-order valence-electron chi connectivity index (χ1n) is 6.83. The van der Waals surface area contributed by atoms with Crippen LogP contribution in [0.15, 0.2) is 12.4 Å². The number of carbonyl (C=O) groups excluding carboxylic acids is 1. The zero-order valence-electron chi connectivity index (χ0n) is 11.9. The second kappa shape index (κ2) is 5.84. The molecule has 0 aliphatic heterocycles. The summed E-state index contributed by atoms with van der Waals surface area (Å²) in [6, 6.07) is 0.499. The van der Waals surface area contributed by atoms with Crippen LogP contribution in [-0.4, -0.2) is 45.5 Å². The predicted molar refractivity (Wildman–Crippen MR) is 72.6 cm³/mol. The highest BCUT2D eigenvalue weighted by atomic mass is 16.3.